The van der Waals surface area contributed by atoms with Gasteiger partial charge in [-0.1, -0.05) is 17.7 Å². The minimum absolute atomic E-state index is 0.0236. The van der Waals surface area contributed by atoms with Gasteiger partial charge in [-0.15, -0.1) is 0 Å². The quantitative estimate of drug-likeness (QED) is 0.885. The van der Waals surface area contributed by atoms with Crippen molar-refractivity contribution < 1.29 is 13.2 Å². The number of anilines is 1. The summed E-state index contributed by atoms with van der Waals surface area (Å²) in [5.41, 5.74) is 2.89. The molecule has 0 spiro atoms. The molecule has 1 amide bonds. The highest BCUT2D eigenvalue weighted by Gasteiger charge is 2.34. The van der Waals surface area contributed by atoms with Gasteiger partial charge in [0.25, 0.3) is 10.0 Å². The number of imidazole rings is 1. The molecule has 1 N–H and O–H groups in total. The Morgan fingerprint density at radius 3 is 2.73 bits per heavy atom. The SMILES string of the molecule is Cc1ccc(NC(=O)[C@@H]2CCCN(S(=O)(=O)c3cn(C)cn3)C2)c(C)c1. The lowest BCUT2D eigenvalue weighted by Crippen LogP contribution is -2.43. The predicted octanol–water partition coefficient (Wildman–Crippen LogP) is 2.08. The fourth-order valence-corrected chi connectivity index (χ4v) is 4.71. The van der Waals surface area contributed by atoms with E-state index in [2.05, 4.69) is 10.3 Å². The van der Waals surface area contributed by atoms with Gasteiger partial charge in [0.05, 0.1) is 12.2 Å². The molecule has 0 unspecified atom stereocenters. The number of amides is 1. The van der Waals surface area contributed by atoms with Crippen molar-refractivity contribution in [3.05, 3.63) is 41.9 Å². The van der Waals surface area contributed by atoms with Crippen molar-refractivity contribution in [2.75, 3.05) is 18.4 Å². The Bertz CT molecular complexity index is 920. The lowest BCUT2D eigenvalue weighted by molar-refractivity contribution is -0.120. The molecule has 1 aliphatic rings. The zero-order valence-corrected chi connectivity index (χ0v) is 16.1. The van der Waals surface area contributed by atoms with Gasteiger partial charge in [0.15, 0.2) is 5.03 Å². The molecular formula is C18H24N4O3S. The molecule has 140 valence electrons. The number of nitrogens with one attached hydrogen (secondary N) is 1. The average molecular weight is 376 g/mol. The predicted molar refractivity (Wildman–Crippen MR) is 99.2 cm³/mol. The molecule has 1 aromatic carbocycles. The summed E-state index contributed by atoms with van der Waals surface area (Å²) >= 11 is 0. The van der Waals surface area contributed by atoms with Crippen molar-refractivity contribution in [1.29, 1.82) is 0 Å². The first-order chi connectivity index (χ1) is 12.3. The van der Waals surface area contributed by atoms with E-state index in [-0.39, 0.29) is 23.4 Å². The third-order valence-corrected chi connectivity index (χ3v) is 6.43. The second-order valence-corrected chi connectivity index (χ2v) is 8.77. The number of carbonyl (C=O) groups excluding carboxylic acids is 1. The van der Waals surface area contributed by atoms with Crippen LogP contribution in [0.5, 0.6) is 0 Å². The minimum Gasteiger partial charge on any atom is -0.339 e. The van der Waals surface area contributed by atoms with E-state index in [1.165, 1.54) is 16.8 Å². The zero-order valence-electron chi connectivity index (χ0n) is 15.3. The van der Waals surface area contributed by atoms with Crippen LogP contribution in [0.2, 0.25) is 0 Å². The second-order valence-electron chi connectivity index (χ2n) is 6.89. The smallest absolute Gasteiger partial charge is 0.262 e. The number of aromatic nitrogens is 2. The molecule has 0 saturated carbocycles. The van der Waals surface area contributed by atoms with E-state index < -0.39 is 10.0 Å². The maximum Gasteiger partial charge on any atom is 0.262 e. The van der Waals surface area contributed by atoms with Gasteiger partial charge in [0.2, 0.25) is 5.91 Å². The van der Waals surface area contributed by atoms with Crippen LogP contribution in [0, 0.1) is 19.8 Å². The summed E-state index contributed by atoms with van der Waals surface area (Å²) < 4.78 is 28.4. The van der Waals surface area contributed by atoms with Crippen molar-refractivity contribution in [3.63, 3.8) is 0 Å². The normalized spacial score (nSPS) is 18.7. The van der Waals surface area contributed by atoms with Gasteiger partial charge in [0, 0.05) is 32.0 Å². The Morgan fingerprint density at radius 2 is 2.08 bits per heavy atom. The summed E-state index contributed by atoms with van der Waals surface area (Å²) in [6.07, 6.45) is 4.26. The van der Waals surface area contributed by atoms with Crippen molar-refractivity contribution in [2.24, 2.45) is 13.0 Å². The summed E-state index contributed by atoms with van der Waals surface area (Å²) in [6.45, 7) is 4.53. The zero-order chi connectivity index (χ0) is 18.9. The number of aryl methyl sites for hydroxylation is 3. The van der Waals surface area contributed by atoms with Crippen LogP contribution in [-0.2, 0) is 21.9 Å². The summed E-state index contributed by atoms with van der Waals surface area (Å²) in [5, 5.41) is 2.97. The highest BCUT2D eigenvalue weighted by atomic mass is 32.2. The molecule has 1 aromatic heterocycles. The highest BCUT2D eigenvalue weighted by Crippen LogP contribution is 2.25. The van der Waals surface area contributed by atoms with Gasteiger partial charge in [-0.25, -0.2) is 13.4 Å². The number of sulfonamides is 1. The number of benzene rings is 1. The summed E-state index contributed by atoms with van der Waals surface area (Å²) in [4.78, 5) is 16.6. The fraction of sp³-hybridized carbons (Fsp3) is 0.444. The molecule has 1 aliphatic heterocycles. The Kier molecular flexibility index (Phi) is 5.15. The molecule has 1 saturated heterocycles. The Balaban J connectivity index is 1.72. The van der Waals surface area contributed by atoms with Gasteiger partial charge < -0.3 is 9.88 Å². The number of carbonyl (C=O) groups is 1. The second kappa shape index (κ2) is 7.20. The molecule has 8 heteroatoms. The van der Waals surface area contributed by atoms with Gasteiger partial charge >= 0.3 is 0 Å². The average Bonchev–Trinajstić information content (AvgIpc) is 3.05. The van der Waals surface area contributed by atoms with Crippen LogP contribution < -0.4 is 5.32 Å². The molecule has 2 aromatic rings. The van der Waals surface area contributed by atoms with Crippen molar-refractivity contribution in [1.82, 2.24) is 13.9 Å². The number of piperidine rings is 1. The first kappa shape index (κ1) is 18.6. The van der Waals surface area contributed by atoms with E-state index >= 15 is 0 Å². The largest absolute Gasteiger partial charge is 0.339 e. The van der Waals surface area contributed by atoms with E-state index in [0.29, 0.717) is 19.4 Å². The summed E-state index contributed by atoms with van der Waals surface area (Å²) in [6, 6.07) is 5.84. The van der Waals surface area contributed by atoms with Crippen molar-refractivity contribution in [2.45, 2.75) is 31.7 Å². The Morgan fingerprint density at radius 1 is 1.31 bits per heavy atom. The van der Waals surface area contributed by atoms with Crippen LogP contribution in [0.4, 0.5) is 5.69 Å². The highest BCUT2D eigenvalue weighted by molar-refractivity contribution is 7.89. The minimum atomic E-state index is -3.67. The molecule has 0 radical (unpaired) electrons. The molecule has 0 aliphatic carbocycles. The molecule has 2 heterocycles. The molecule has 3 rings (SSSR count). The summed E-state index contributed by atoms with van der Waals surface area (Å²) in [5.74, 6) is -0.513. The van der Waals surface area contributed by atoms with Crippen LogP contribution in [-0.4, -0.2) is 41.3 Å². The number of hydrogen-bond acceptors (Lipinski definition) is 4. The molecule has 26 heavy (non-hydrogen) atoms. The van der Waals surface area contributed by atoms with E-state index in [4.69, 9.17) is 0 Å². The van der Waals surface area contributed by atoms with Gasteiger partial charge in [-0.2, -0.15) is 4.31 Å². The van der Waals surface area contributed by atoms with Crippen LogP contribution in [0.1, 0.15) is 24.0 Å². The van der Waals surface area contributed by atoms with E-state index in [9.17, 15) is 13.2 Å². The topological polar surface area (TPSA) is 84.3 Å². The summed E-state index contributed by atoms with van der Waals surface area (Å²) in [7, 11) is -1.95. The van der Waals surface area contributed by atoms with Crippen LogP contribution in [0.3, 0.4) is 0 Å². The van der Waals surface area contributed by atoms with Crippen LogP contribution in [0.15, 0.2) is 35.7 Å². The molecule has 7 nitrogen and oxygen atoms in total. The van der Waals surface area contributed by atoms with E-state index in [1.54, 1.807) is 11.6 Å². The van der Waals surface area contributed by atoms with Gasteiger partial charge in [-0.3, -0.25) is 4.79 Å². The Labute approximate surface area is 154 Å². The fourth-order valence-electron chi connectivity index (χ4n) is 3.22. The molecule has 1 atom stereocenters. The molecule has 1 fully saturated rings. The monoisotopic (exact) mass is 376 g/mol. The van der Waals surface area contributed by atoms with Crippen molar-refractivity contribution >= 4 is 21.6 Å². The van der Waals surface area contributed by atoms with Gasteiger partial charge in [-0.05, 0) is 38.3 Å². The first-order valence-corrected chi connectivity index (χ1v) is 10.1. The van der Waals surface area contributed by atoms with Gasteiger partial charge in [0.1, 0.15) is 0 Å². The molecule has 0 bridgehead atoms. The maximum atomic E-state index is 12.7. The Hall–Kier alpha value is -2.19. The lowest BCUT2D eigenvalue weighted by Gasteiger charge is -2.30. The molecular weight excluding hydrogens is 352 g/mol. The lowest BCUT2D eigenvalue weighted by atomic mass is 9.98. The number of nitrogens with zero attached hydrogens (tertiary/aromatic N) is 3. The van der Waals surface area contributed by atoms with Crippen molar-refractivity contribution in [3.8, 4) is 0 Å². The number of rotatable bonds is 4. The van der Waals surface area contributed by atoms with E-state index in [0.717, 1.165) is 16.8 Å². The third-order valence-electron chi connectivity index (χ3n) is 4.68. The van der Waals surface area contributed by atoms with Crippen LogP contribution >= 0.6 is 0 Å². The standard InChI is InChI=1S/C18H24N4O3S/c1-13-6-7-16(14(2)9-13)20-18(23)15-5-4-8-22(10-15)26(24,25)17-11-21(3)12-19-17/h6-7,9,11-12,15H,4-5,8,10H2,1-3H3,(H,20,23)/t15-/m1/s1. The maximum absolute atomic E-state index is 12.7. The number of hydrogen-bond donors (Lipinski definition) is 1. The van der Waals surface area contributed by atoms with E-state index in [1.807, 2.05) is 32.0 Å². The van der Waals surface area contributed by atoms with Crippen LogP contribution in [0.25, 0.3) is 0 Å². The third kappa shape index (κ3) is 3.81. The first-order valence-electron chi connectivity index (χ1n) is 8.63.